The SMILES string of the molecule is CNC(=O)Nc1ccc2c(c1)C(C)(C)C(/C=C/C=C1\N(CS(=O)(=O)O)c3ccc(NC(=O)NC)cc3C1(C)C)=[N+]2CS(=O)(=O)[O-].[K+]. The van der Waals surface area contributed by atoms with Crippen LogP contribution in [-0.2, 0) is 31.1 Å². The van der Waals surface area contributed by atoms with Crippen LogP contribution in [0.4, 0.5) is 32.3 Å². The molecule has 0 saturated heterocycles. The molecule has 0 radical (unpaired) electrons. The Labute approximate surface area is 311 Å². The van der Waals surface area contributed by atoms with E-state index in [2.05, 4.69) is 21.3 Å². The number of benzene rings is 2. The van der Waals surface area contributed by atoms with E-state index in [0.717, 1.165) is 0 Å². The molecule has 0 aromatic heterocycles. The van der Waals surface area contributed by atoms with Gasteiger partial charge >= 0.3 is 63.4 Å². The monoisotopic (exact) mass is 699 g/mol. The number of urea groups is 2. The van der Waals surface area contributed by atoms with E-state index in [-0.39, 0.29) is 51.4 Å². The molecule has 46 heavy (non-hydrogen) atoms. The maximum absolute atomic E-state index is 12.1. The third kappa shape index (κ3) is 8.08. The Balaban J connectivity index is 0.00000576. The fraction of sp³-hybridized carbons (Fsp3) is 0.345. The number of carbonyl (C=O) groups excluding carboxylic acids is 2. The van der Waals surface area contributed by atoms with Crippen LogP contribution in [-0.4, -0.2) is 74.1 Å². The van der Waals surface area contributed by atoms with Gasteiger partial charge in [-0.05, 0) is 55.8 Å². The maximum atomic E-state index is 12.1. The average Bonchev–Trinajstić information content (AvgIpc) is 3.25. The van der Waals surface area contributed by atoms with E-state index in [0.29, 0.717) is 45.3 Å². The summed E-state index contributed by atoms with van der Waals surface area (Å²) in [6, 6.07) is 9.05. The van der Waals surface area contributed by atoms with Crippen LogP contribution in [0.5, 0.6) is 0 Å². The molecule has 2 aliphatic rings. The minimum atomic E-state index is -4.72. The van der Waals surface area contributed by atoms with Crippen LogP contribution in [0.3, 0.4) is 0 Å². The van der Waals surface area contributed by atoms with E-state index in [1.54, 1.807) is 54.6 Å². The van der Waals surface area contributed by atoms with E-state index in [4.69, 9.17) is 0 Å². The molecule has 0 fully saturated rings. The van der Waals surface area contributed by atoms with Crippen molar-refractivity contribution >= 4 is 60.8 Å². The van der Waals surface area contributed by atoms with Gasteiger partial charge in [-0.25, -0.2) is 18.0 Å². The molecule has 2 aromatic rings. The standard InChI is InChI=1S/C29H36N6O8S2.K/c1-28(2)20-14-18(32-26(36)30-5)10-12-22(20)34(16-44(38,39)40)24(28)8-7-9-25-29(3,4)21-15-19(33-27(37)31-6)11-13-23(21)35(25)17-45(41,42)43;/h7-15H,16-17H2,1-6H3,(H5-,30,31,32,33,36,37,38,39,40,41,42,43);/q;+1. The van der Waals surface area contributed by atoms with E-state index in [9.17, 15) is 35.5 Å². The van der Waals surface area contributed by atoms with E-state index < -0.39 is 54.9 Å². The number of nitrogens with one attached hydrogen (secondary N) is 4. The second kappa shape index (κ2) is 13.9. The summed E-state index contributed by atoms with van der Waals surface area (Å²) >= 11 is 0. The van der Waals surface area contributed by atoms with Gasteiger partial charge in [0.2, 0.25) is 11.6 Å². The first-order chi connectivity index (χ1) is 20.8. The minimum Gasteiger partial charge on any atom is -0.743 e. The first kappa shape index (κ1) is 37.8. The molecule has 5 N–H and O–H groups in total. The molecule has 0 spiro atoms. The van der Waals surface area contributed by atoms with Crippen LogP contribution >= 0.6 is 0 Å². The topological polar surface area (TPSA) is 200 Å². The first-order valence-electron chi connectivity index (χ1n) is 13.7. The first-order valence-corrected chi connectivity index (χ1v) is 16.9. The number of fused-ring (bicyclic) bond motifs is 2. The molecule has 0 unspecified atom stereocenters. The summed E-state index contributed by atoms with van der Waals surface area (Å²) in [7, 11) is -6.24. The second-order valence-corrected chi connectivity index (χ2v) is 14.5. The van der Waals surface area contributed by atoms with Gasteiger partial charge in [0.15, 0.2) is 21.7 Å². The van der Waals surface area contributed by atoms with Crippen LogP contribution in [0.2, 0.25) is 0 Å². The Morgan fingerprint density at radius 1 is 0.913 bits per heavy atom. The van der Waals surface area contributed by atoms with E-state index in [1.165, 1.54) is 23.6 Å². The van der Waals surface area contributed by atoms with Crippen LogP contribution in [0, 0.1) is 0 Å². The smallest absolute Gasteiger partial charge is 0.743 e. The molecule has 2 aliphatic heterocycles. The molecular weight excluding hydrogens is 664 g/mol. The summed E-state index contributed by atoms with van der Waals surface area (Å²) in [6.07, 6.45) is 4.93. The Morgan fingerprint density at radius 2 is 1.46 bits per heavy atom. The summed E-state index contributed by atoms with van der Waals surface area (Å²) in [4.78, 5) is 25.3. The zero-order valence-corrected chi connectivity index (χ0v) is 31.4. The number of hydrogen-bond donors (Lipinski definition) is 5. The summed E-state index contributed by atoms with van der Waals surface area (Å²) in [5.41, 5.74) is 2.64. The van der Waals surface area contributed by atoms with Crippen molar-refractivity contribution in [1.82, 2.24) is 10.6 Å². The molecule has 0 aliphatic carbocycles. The molecule has 0 atom stereocenters. The fourth-order valence-corrected chi connectivity index (χ4v) is 6.92. The van der Waals surface area contributed by atoms with Crippen LogP contribution in [0.1, 0.15) is 38.8 Å². The third-order valence-electron chi connectivity index (χ3n) is 7.84. The van der Waals surface area contributed by atoms with Gasteiger partial charge in [-0.1, -0.05) is 19.9 Å². The molecule has 14 nitrogen and oxygen atoms in total. The summed E-state index contributed by atoms with van der Waals surface area (Å²) in [5, 5.41) is 10.3. The second-order valence-electron chi connectivity index (χ2n) is 11.7. The summed E-state index contributed by atoms with van der Waals surface area (Å²) in [5.74, 6) is -1.57. The van der Waals surface area contributed by atoms with E-state index >= 15 is 0 Å². The zero-order valence-electron chi connectivity index (χ0n) is 26.6. The van der Waals surface area contributed by atoms with Gasteiger partial charge in [0.25, 0.3) is 10.1 Å². The van der Waals surface area contributed by atoms with Gasteiger partial charge in [-0.3, -0.25) is 4.55 Å². The summed E-state index contributed by atoms with van der Waals surface area (Å²) in [6.45, 7) is 7.42. The van der Waals surface area contributed by atoms with Crippen molar-refractivity contribution in [2.24, 2.45) is 0 Å². The van der Waals surface area contributed by atoms with Gasteiger partial charge in [-0.2, -0.15) is 13.0 Å². The molecule has 4 rings (SSSR count). The third-order valence-corrected chi connectivity index (χ3v) is 9.00. The predicted molar refractivity (Wildman–Crippen MR) is 171 cm³/mol. The van der Waals surface area contributed by atoms with Crippen molar-refractivity contribution in [2.75, 3.05) is 41.4 Å². The molecule has 0 saturated carbocycles. The van der Waals surface area contributed by atoms with Crippen LogP contribution in [0.25, 0.3) is 0 Å². The molecule has 0 bridgehead atoms. The van der Waals surface area contributed by atoms with Crippen molar-refractivity contribution in [3.05, 3.63) is 71.5 Å². The largest absolute Gasteiger partial charge is 1.00 e. The number of amides is 4. The van der Waals surface area contributed by atoms with Crippen LogP contribution < -0.4 is 77.6 Å². The number of carbonyl (C=O) groups is 2. The van der Waals surface area contributed by atoms with Crippen molar-refractivity contribution in [1.29, 1.82) is 0 Å². The normalized spacial score (nSPS) is 17.4. The Kier molecular flexibility index (Phi) is 11.4. The number of allylic oxidation sites excluding steroid dienone is 4. The average molecular weight is 700 g/mol. The van der Waals surface area contributed by atoms with Crippen molar-refractivity contribution in [3.8, 4) is 0 Å². The zero-order chi connectivity index (χ0) is 33.5. The van der Waals surface area contributed by atoms with Gasteiger partial charge in [-0.15, -0.1) is 0 Å². The Hall–Kier alpha value is -2.61. The number of rotatable bonds is 8. The molecule has 17 heteroatoms. The molecule has 242 valence electrons. The van der Waals surface area contributed by atoms with Crippen molar-refractivity contribution in [3.63, 3.8) is 0 Å². The van der Waals surface area contributed by atoms with E-state index in [1.807, 2.05) is 27.7 Å². The Morgan fingerprint density at radius 3 is 1.98 bits per heavy atom. The Bertz CT molecular complexity index is 1890. The number of anilines is 3. The van der Waals surface area contributed by atoms with Gasteiger partial charge in [0.05, 0.1) is 5.41 Å². The molecular formula is C29H36KN6O8S2+. The van der Waals surface area contributed by atoms with Gasteiger partial charge in [0, 0.05) is 60.0 Å². The molecule has 4 amide bonds. The predicted octanol–water partition coefficient (Wildman–Crippen LogP) is 0.155. The fourth-order valence-electron chi connectivity index (χ4n) is 5.72. The van der Waals surface area contributed by atoms with Crippen molar-refractivity contribution < 1.29 is 91.5 Å². The van der Waals surface area contributed by atoms with Gasteiger partial charge in [0.1, 0.15) is 0 Å². The van der Waals surface area contributed by atoms with Gasteiger partial charge < -0.3 is 30.7 Å². The van der Waals surface area contributed by atoms with Crippen LogP contribution in [0.15, 0.2) is 60.3 Å². The number of hydrogen-bond acceptors (Lipinski definition) is 8. The number of nitrogens with zero attached hydrogens (tertiary/aromatic N) is 2. The van der Waals surface area contributed by atoms with Crippen molar-refractivity contribution in [2.45, 2.75) is 38.5 Å². The molecule has 2 aromatic carbocycles. The summed E-state index contributed by atoms with van der Waals surface area (Å²) < 4.78 is 71.2. The minimum absolute atomic E-state index is 0. The maximum Gasteiger partial charge on any atom is 1.00 e. The molecule has 2 heterocycles. The quantitative estimate of drug-likeness (QED) is 0.145.